The van der Waals surface area contributed by atoms with Crippen LogP contribution >= 0.6 is 23.4 Å². The molecule has 3 aliphatic heterocycles. The van der Waals surface area contributed by atoms with Crippen LogP contribution in [0.1, 0.15) is 39.5 Å². The van der Waals surface area contributed by atoms with Gasteiger partial charge in [0.2, 0.25) is 5.91 Å². The van der Waals surface area contributed by atoms with Gasteiger partial charge >= 0.3 is 5.97 Å². The predicted molar refractivity (Wildman–Crippen MR) is 151 cm³/mol. The Morgan fingerprint density at radius 3 is 2.68 bits per heavy atom. The van der Waals surface area contributed by atoms with Gasteiger partial charge in [0.05, 0.1) is 46.5 Å². The minimum atomic E-state index is -0.857. The second kappa shape index (κ2) is 11.8. The van der Waals surface area contributed by atoms with E-state index in [0.29, 0.717) is 23.6 Å². The number of hydrogen-bond acceptors (Lipinski definition) is 6. The minimum absolute atomic E-state index is 0.0897. The number of allylic oxidation sites excluding steroid dienone is 1. The van der Waals surface area contributed by atoms with Gasteiger partial charge in [0.15, 0.2) is 0 Å². The normalized spacial score (nSPS) is 28.3. The summed E-state index contributed by atoms with van der Waals surface area (Å²) in [6.45, 7) is 11.6. The molecule has 3 fully saturated rings. The average Bonchev–Trinajstić information content (AvgIpc) is 3.53. The number of para-hydroxylation sites is 1. The highest BCUT2D eigenvalue weighted by Gasteiger charge is 2.75. The van der Waals surface area contributed by atoms with Crippen LogP contribution in [0.3, 0.4) is 0 Å². The standard InChI is InChI=1S/C29H37ClN2O5S/c1-5-7-10-16-37-28(36)23-22-13-14-29(38-22)24(23)26(34)32(21(17-33)18(3)4)25(29)27(35)31(15-6-2)20-12-9-8-11-19(20)30/h5-6,8-9,11-12,18,21-25,33H,1-2,7,10,13-17H2,3-4H3/t21-,22-,23+,24-,25?,29?/m0/s1. The summed E-state index contributed by atoms with van der Waals surface area (Å²) in [5.74, 6) is -2.31. The van der Waals surface area contributed by atoms with Crippen molar-refractivity contribution in [2.24, 2.45) is 17.8 Å². The first-order chi connectivity index (χ1) is 18.2. The highest BCUT2D eigenvalue weighted by Crippen LogP contribution is 2.67. The van der Waals surface area contributed by atoms with Gasteiger partial charge in [-0.25, -0.2) is 0 Å². The molecule has 4 rings (SSSR count). The second-order valence-corrected chi connectivity index (χ2v) is 12.6. The number of hydrogen-bond donors (Lipinski definition) is 1. The lowest BCUT2D eigenvalue weighted by atomic mass is 9.71. The monoisotopic (exact) mass is 560 g/mol. The first-order valence-electron chi connectivity index (χ1n) is 13.3. The molecule has 3 saturated heterocycles. The number of unbranched alkanes of at least 4 members (excludes halogenated alkanes) is 1. The van der Waals surface area contributed by atoms with Crippen LogP contribution in [0, 0.1) is 17.8 Å². The maximum atomic E-state index is 14.5. The van der Waals surface area contributed by atoms with Crippen LogP contribution in [-0.4, -0.2) is 69.6 Å². The predicted octanol–water partition coefficient (Wildman–Crippen LogP) is 4.48. The van der Waals surface area contributed by atoms with Gasteiger partial charge in [0.1, 0.15) is 6.04 Å². The minimum Gasteiger partial charge on any atom is -0.465 e. The Labute approximate surface area is 234 Å². The molecule has 3 aliphatic rings. The van der Waals surface area contributed by atoms with E-state index in [9.17, 15) is 19.5 Å². The van der Waals surface area contributed by atoms with Crippen molar-refractivity contribution in [2.45, 2.75) is 61.6 Å². The van der Waals surface area contributed by atoms with Crippen LogP contribution in [0.5, 0.6) is 0 Å². The molecular formula is C29H37ClN2O5S. The van der Waals surface area contributed by atoms with E-state index in [-0.39, 0.29) is 48.7 Å². The SMILES string of the molecule is C=CCCCOC(=O)[C@@H]1[C@@H]2CCC3(S2)C(C(=O)N(CC=C)c2ccccc2Cl)N([C@@H](CO)C(C)C)C(=O)[C@H]13. The van der Waals surface area contributed by atoms with Crippen molar-refractivity contribution in [1.29, 1.82) is 0 Å². The Morgan fingerprint density at radius 1 is 1.32 bits per heavy atom. The summed E-state index contributed by atoms with van der Waals surface area (Å²) in [7, 11) is 0. The molecule has 0 saturated carbocycles. The lowest BCUT2D eigenvalue weighted by Gasteiger charge is -2.40. The number of rotatable bonds is 12. The fraction of sp³-hybridized carbons (Fsp3) is 0.552. The number of amides is 2. The fourth-order valence-electron chi connectivity index (χ4n) is 6.37. The van der Waals surface area contributed by atoms with Crippen molar-refractivity contribution < 1.29 is 24.2 Å². The highest BCUT2D eigenvalue weighted by molar-refractivity contribution is 8.02. The zero-order valence-corrected chi connectivity index (χ0v) is 23.6. The zero-order chi connectivity index (χ0) is 27.6. The van der Waals surface area contributed by atoms with E-state index in [1.807, 2.05) is 19.9 Å². The van der Waals surface area contributed by atoms with Crippen LogP contribution in [-0.2, 0) is 19.1 Å². The number of halogens is 1. The molecule has 9 heteroatoms. The van der Waals surface area contributed by atoms with E-state index in [1.54, 1.807) is 51.9 Å². The molecule has 1 aromatic rings. The third kappa shape index (κ3) is 4.80. The van der Waals surface area contributed by atoms with Gasteiger partial charge < -0.3 is 19.6 Å². The number of aliphatic hydroxyl groups excluding tert-OH is 1. The number of thioether (sulfide) groups is 1. The zero-order valence-electron chi connectivity index (χ0n) is 22.1. The number of esters is 1. The number of carbonyl (C=O) groups is 3. The summed E-state index contributed by atoms with van der Waals surface area (Å²) in [6, 6.07) is 5.67. The van der Waals surface area contributed by atoms with E-state index in [2.05, 4.69) is 13.2 Å². The van der Waals surface area contributed by atoms with Crippen molar-refractivity contribution in [3.05, 3.63) is 54.6 Å². The molecule has 6 atom stereocenters. The summed E-state index contributed by atoms with van der Waals surface area (Å²) >= 11 is 8.09. The molecule has 0 aliphatic carbocycles. The van der Waals surface area contributed by atoms with Crippen molar-refractivity contribution in [1.82, 2.24) is 4.90 Å². The largest absolute Gasteiger partial charge is 0.465 e. The summed E-state index contributed by atoms with van der Waals surface area (Å²) in [5.41, 5.74) is 0.534. The van der Waals surface area contributed by atoms with Crippen molar-refractivity contribution in [2.75, 3.05) is 24.7 Å². The number of aliphatic hydroxyl groups is 1. The van der Waals surface area contributed by atoms with Crippen LogP contribution in [0.25, 0.3) is 0 Å². The number of likely N-dealkylation sites (tertiary alicyclic amines) is 1. The number of carbonyl (C=O) groups excluding carboxylic acids is 3. The Morgan fingerprint density at radius 2 is 2.05 bits per heavy atom. The van der Waals surface area contributed by atoms with Crippen LogP contribution < -0.4 is 4.90 Å². The third-order valence-electron chi connectivity index (χ3n) is 8.08. The van der Waals surface area contributed by atoms with Gasteiger partial charge in [0.25, 0.3) is 5.91 Å². The Kier molecular flexibility index (Phi) is 8.95. The number of anilines is 1. The maximum absolute atomic E-state index is 14.5. The lowest BCUT2D eigenvalue weighted by Crippen LogP contribution is -2.58. The van der Waals surface area contributed by atoms with E-state index >= 15 is 0 Å². The summed E-state index contributed by atoms with van der Waals surface area (Å²) < 4.78 is 4.84. The Hall–Kier alpha value is -2.29. The molecule has 2 unspecified atom stereocenters. The molecule has 206 valence electrons. The average molecular weight is 561 g/mol. The van der Waals surface area contributed by atoms with Gasteiger partial charge in [-0.2, -0.15) is 0 Å². The van der Waals surface area contributed by atoms with Gasteiger partial charge in [-0.05, 0) is 43.7 Å². The van der Waals surface area contributed by atoms with Crippen LogP contribution in [0.15, 0.2) is 49.6 Å². The summed E-state index contributed by atoms with van der Waals surface area (Å²) in [4.78, 5) is 45.3. The summed E-state index contributed by atoms with van der Waals surface area (Å²) in [6.07, 6.45) is 6.17. The maximum Gasteiger partial charge on any atom is 0.310 e. The lowest BCUT2D eigenvalue weighted by molar-refractivity contribution is -0.154. The molecule has 1 aromatic carbocycles. The Bertz CT molecular complexity index is 1100. The number of fused-ring (bicyclic) bond motifs is 1. The van der Waals surface area contributed by atoms with E-state index in [0.717, 1.165) is 12.8 Å². The van der Waals surface area contributed by atoms with Crippen molar-refractivity contribution in [3.63, 3.8) is 0 Å². The van der Waals surface area contributed by atoms with Crippen LogP contribution in [0.2, 0.25) is 5.02 Å². The number of ether oxygens (including phenoxy) is 1. The first-order valence-corrected chi connectivity index (χ1v) is 14.5. The molecule has 1 N–H and O–H groups in total. The Balaban J connectivity index is 1.76. The number of nitrogens with zero attached hydrogens (tertiary/aromatic N) is 2. The third-order valence-corrected chi connectivity index (χ3v) is 10.3. The molecule has 0 radical (unpaired) electrons. The van der Waals surface area contributed by atoms with E-state index in [4.69, 9.17) is 16.3 Å². The first kappa shape index (κ1) is 28.7. The van der Waals surface area contributed by atoms with Crippen molar-refractivity contribution in [3.8, 4) is 0 Å². The highest BCUT2D eigenvalue weighted by atomic mass is 35.5. The number of benzene rings is 1. The molecule has 3 heterocycles. The molecule has 2 bridgehead atoms. The van der Waals surface area contributed by atoms with E-state index in [1.165, 1.54) is 0 Å². The smallest absolute Gasteiger partial charge is 0.310 e. The van der Waals surface area contributed by atoms with Gasteiger partial charge in [-0.1, -0.05) is 49.7 Å². The molecule has 2 amide bonds. The van der Waals surface area contributed by atoms with Gasteiger partial charge in [-0.3, -0.25) is 14.4 Å². The van der Waals surface area contributed by atoms with Crippen molar-refractivity contribution >= 4 is 46.8 Å². The van der Waals surface area contributed by atoms with Gasteiger partial charge in [0, 0.05) is 11.8 Å². The van der Waals surface area contributed by atoms with Crippen LogP contribution in [0.4, 0.5) is 5.69 Å². The molecule has 38 heavy (non-hydrogen) atoms. The molecular weight excluding hydrogens is 524 g/mol. The topological polar surface area (TPSA) is 87.2 Å². The fourth-order valence-corrected chi connectivity index (χ4v) is 8.79. The molecule has 1 spiro atoms. The summed E-state index contributed by atoms with van der Waals surface area (Å²) in [5, 5.41) is 10.7. The van der Waals surface area contributed by atoms with Gasteiger partial charge in [-0.15, -0.1) is 24.9 Å². The second-order valence-electron chi connectivity index (χ2n) is 10.6. The quantitative estimate of drug-likeness (QED) is 0.230. The molecule has 7 nitrogen and oxygen atoms in total. The van der Waals surface area contributed by atoms with E-state index < -0.39 is 28.7 Å². The molecule has 0 aromatic heterocycles.